The van der Waals surface area contributed by atoms with Gasteiger partial charge in [0.25, 0.3) is 0 Å². The molecule has 0 aromatic heterocycles. The zero-order valence-electron chi connectivity index (χ0n) is 11.5. The number of carbonyl (C=O) groups is 1. The Hall–Kier alpha value is -2.01. The zero-order chi connectivity index (χ0) is 15.2. The minimum absolute atomic E-state index is 0.294. The molecule has 2 rings (SSSR count). The molecule has 0 saturated carbocycles. The van der Waals surface area contributed by atoms with Gasteiger partial charge in [-0.05, 0) is 48.9 Å². The number of halogens is 1. The minimum atomic E-state index is -0.919. The predicted molar refractivity (Wildman–Crippen MR) is 80.8 cm³/mol. The molecule has 0 aliphatic rings. The van der Waals surface area contributed by atoms with E-state index in [0.29, 0.717) is 23.7 Å². The van der Waals surface area contributed by atoms with Crippen molar-refractivity contribution in [1.82, 2.24) is 0 Å². The van der Waals surface area contributed by atoms with E-state index in [4.69, 9.17) is 9.84 Å². The van der Waals surface area contributed by atoms with Crippen LogP contribution in [-0.4, -0.2) is 23.4 Å². The summed E-state index contributed by atoms with van der Waals surface area (Å²) >= 11 is 1.52. The van der Waals surface area contributed by atoms with Gasteiger partial charge in [0.2, 0.25) is 0 Å². The highest BCUT2D eigenvalue weighted by Gasteiger charge is 2.08. The van der Waals surface area contributed by atoms with E-state index in [1.54, 1.807) is 31.2 Å². The average molecular weight is 306 g/mol. The number of benzene rings is 2. The van der Waals surface area contributed by atoms with Gasteiger partial charge in [0.15, 0.2) is 0 Å². The zero-order valence-corrected chi connectivity index (χ0v) is 12.3. The SMILES string of the molecule is Cc1ccc(SCCOc2ccc(F)cc2)cc1C(=O)O. The molecule has 2 aromatic carbocycles. The summed E-state index contributed by atoms with van der Waals surface area (Å²) in [6.07, 6.45) is 0. The first-order chi connectivity index (χ1) is 10.1. The fourth-order valence-corrected chi connectivity index (χ4v) is 2.54. The van der Waals surface area contributed by atoms with Gasteiger partial charge < -0.3 is 9.84 Å². The molecule has 0 bridgehead atoms. The third kappa shape index (κ3) is 4.49. The lowest BCUT2D eigenvalue weighted by molar-refractivity contribution is 0.0696. The number of rotatable bonds is 6. The van der Waals surface area contributed by atoms with E-state index in [2.05, 4.69) is 0 Å². The lowest BCUT2D eigenvalue weighted by atomic mass is 10.1. The van der Waals surface area contributed by atoms with Crippen molar-refractivity contribution in [3.05, 3.63) is 59.4 Å². The van der Waals surface area contributed by atoms with Crippen LogP contribution in [0.3, 0.4) is 0 Å². The van der Waals surface area contributed by atoms with Crippen molar-refractivity contribution in [2.24, 2.45) is 0 Å². The quantitative estimate of drug-likeness (QED) is 0.647. The molecule has 0 atom stereocenters. The van der Waals surface area contributed by atoms with Gasteiger partial charge >= 0.3 is 5.97 Å². The maximum absolute atomic E-state index is 12.7. The fourth-order valence-electron chi connectivity index (χ4n) is 1.77. The number of thioether (sulfide) groups is 1. The molecule has 0 heterocycles. The second-order valence-electron chi connectivity index (χ2n) is 4.43. The number of carboxylic acid groups (broad SMARTS) is 1. The van der Waals surface area contributed by atoms with E-state index in [9.17, 15) is 9.18 Å². The lowest BCUT2D eigenvalue weighted by Crippen LogP contribution is -2.02. The number of hydrogen-bond donors (Lipinski definition) is 1. The Bertz CT molecular complexity index is 626. The van der Waals surface area contributed by atoms with Crippen LogP contribution in [0.2, 0.25) is 0 Å². The van der Waals surface area contributed by atoms with E-state index in [1.165, 1.54) is 23.9 Å². The summed E-state index contributed by atoms with van der Waals surface area (Å²) in [4.78, 5) is 11.9. The van der Waals surface area contributed by atoms with E-state index in [0.717, 1.165) is 10.5 Å². The number of ether oxygens (including phenoxy) is 1. The Morgan fingerprint density at radius 3 is 2.62 bits per heavy atom. The van der Waals surface area contributed by atoms with Crippen LogP contribution in [-0.2, 0) is 0 Å². The van der Waals surface area contributed by atoms with Gasteiger partial charge in [0, 0.05) is 10.6 Å². The second kappa shape index (κ2) is 7.13. The molecule has 0 fully saturated rings. The maximum Gasteiger partial charge on any atom is 0.335 e. The van der Waals surface area contributed by atoms with Crippen LogP contribution in [0.25, 0.3) is 0 Å². The number of hydrogen-bond acceptors (Lipinski definition) is 3. The summed E-state index contributed by atoms with van der Waals surface area (Å²) in [7, 11) is 0. The topological polar surface area (TPSA) is 46.5 Å². The summed E-state index contributed by atoms with van der Waals surface area (Å²) in [6.45, 7) is 2.24. The first-order valence-corrected chi connectivity index (χ1v) is 7.40. The summed E-state index contributed by atoms with van der Waals surface area (Å²) in [5.41, 5.74) is 1.06. The Labute approximate surface area is 126 Å². The van der Waals surface area contributed by atoms with Gasteiger partial charge in [-0.2, -0.15) is 0 Å². The third-order valence-corrected chi connectivity index (χ3v) is 3.83. The normalized spacial score (nSPS) is 10.4. The molecular weight excluding hydrogens is 291 g/mol. The van der Waals surface area contributed by atoms with Gasteiger partial charge in [-0.15, -0.1) is 11.8 Å². The van der Waals surface area contributed by atoms with E-state index >= 15 is 0 Å². The maximum atomic E-state index is 12.7. The van der Waals surface area contributed by atoms with Crippen molar-refractivity contribution < 1.29 is 19.0 Å². The van der Waals surface area contributed by atoms with Gasteiger partial charge in [0.1, 0.15) is 11.6 Å². The molecule has 2 aromatic rings. The van der Waals surface area contributed by atoms with Gasteiger partial charge in [-0.3, -0.25) is 0 Å². The van der Waals surface area contributed by atoms with Gasteiger partial charge in [-0.1, -0.05) is 6.07 Å². The second-order valence-corrected chi connectivity index (χ2v) is 5.60. The molecule has 0 amide bonds. The third-order valence-electron chi connectivity index (χ3n) is 2.87. The molecule has 0 saturated heterocycles. The Kier molecular flexibility index (Phi) is 5.22. The molecule has 0 unspecified atom stereocenters. The fraction of sp³-hybridized carbons (Fsp3) is 0.188. The van der Waals surface area contributed by atoms with Crippen molar-refractivity contribution in [1.29, 1.82) is 0 Å². The number of carboxylic acids is 1. The molecule has 1 N–H and O–H groups in total. The van der Waals surface area contributed by atoms with Crippen LogP contribution >= 0.6 is 11.8 Å². The molecule has 0 aliphatic heterocycles. The van der Waals surface area contributed by atoms with E-state index < -0.39 is 5.97 Å². The minimum Gasteiger partial charge on any atom is -0.493 e. The standard InChI is InChI=1S/C16H15FO3S/c1-11-2-7-14(10-15(11)16(18)19)21-9-8-20-13-5-3-12(17)4-6-13/h2-7,10H,8-9H2,1H3,(H,18,19). The van der Waals surface area contributed by atoms with Crippen molar-refractivity contribution in [3.63, 3.8) is 0 Å². The first-order valence-electron chi connectivity index (χ1n) is 6.41. The van der Waals surface area contributed by atoms with Crippen LogP contribution in [0.1, 0.15) is 15.9 Å². The predicted octanol–water partition coefficient (Wildman–Crippen LogP) is 4.00. The molecule has 21 heavy (non-hydrogen) atoms. The smallest absolute Gasteiger partial charge is 0.335 e. The molecule has 0 radical (unpaired) electrons. The van der Waals surface area contributed by atoms with Crippen molar-refractivity contribution in [3.8, 4) is 5.75 Å². The lowest BCUT2D eigenvalue weighted by Gasteiger charge is -2.07. The monoisotopic (exact) mass is 306 g/mol. The van der Waals surface area contributed by atoms with Crippen LogP contribution in [0, 0.1) is 12.7 Å². The summed E-state index contributed by atoms with van der Waals surface area (Å²) in [6, 6.07) is 11.2. The largest absolute Gasteiger partial charge is 0.493 e. The van der Waals surface area contributed by atoms with Crippen LogP contribution in [0.4, 0.5) is 4.39 Å². The van der Waals surface area contributed by atoms with Crippen LogP contribution in [0.5, 0.6) is 5.75 Å². The molecule has 3 nitrogen and oxygen atoms in total. The van der Waals surface area contributed by atoms with E-state index in [1.807, 2.05) is 6.07 Å². The highest BCUT2D eigenvalue weighted by molar-refractivity contribution is 7.99. The van der Waals surface area contributed by atoms with Crippen LogP contribution < -0.4 is 4.74 Å². The molecule has 0 aliphatic carbocycles. The summed E-state index contributed by atoms with van der Waals surface area (Å²) in [5.74, 6) is 0.0849. The van der Waals surface area contributed by atoms with E-state index in [-0.39, 0.29) is 5.82 Å². The molecule has 5 heteroatoms. The highest BCUT2D eigenvalue weighted by atomic mass is 32.2. The molecular formula is C16H15FO3S. The van der Waals surface area contributed by atoms with Gasteiger partial charge in [-0.25, -0.2) is 9.18 Å². The number of aromatic carboxylic acids is 1. The number of aryl methyl sites for hydroxylation is 1. The molecule has 110 valence electrons. The van der Waals surface area contributed by atoms with Crippen molar-refractivity contribution >= 4 is 17.7 Å². The highest BCUT2D eigenvalue weighted by Crippen LogP contribution is 2.22. The summed E-state index contributed by atoms with van der Waals surface area (Å²) in [5, 5.41) is 9.07. The van der Waals surface area contributed by atoms with Crippen molar-refractivity contribution in [2.45, 2.75) is 11.8 Å². The summed E-state index contributed by atoms with van der Waals surface area (Å²) < 4.78 is 18.2. The Morgan fingerprint density at radius 1 is 1.24 bits per heavy atom. The molecule has 0 spiro atoms. The average Bonchev–Trinajstić information content (AvgIpc) is 2.46. The van der Waals surface area contributed by atoms with Crippen LogP contribution in [0.15, 0.2) is 47.4 Å². The first kappa shape index (κ1) is 15.4. The van der Waals surface area contributed by atoms with Gasteiger partial charge in [0.05, 0.1) is 12.2 Å². The van der Waals surface area contributed by atoms with Crippen molar-refractivity contribution in [2.75, 3.05) is 12.4 Å². The Balaban J connectivity index is 1.85. The Morgan fingerprint density at radius 2 is 1.95 bits per heavy atom.